The Bertz CT molecular complexity index is 1450. The molecular weight excluding hydrogens is 542 g/mol. The standard InChI is InChI=1S/C30H31ClF2N2O3S/c1-39(37,38)30(23-13-26(32)15-27(33)14-23)24-17-35(18-24)29(22-8-10-25(31)11-9-22)21-6-4-20(5-7-21)16-34-12-2-3-28(34)19-36/h4-11,13-15,28-29,36H,2-3,12,16-19H2,1H3/t28-,29-/m1/s1. The van der Waals surface area contributed by atoms with Crippen LogP contribution in [-0.4, -0.2) is 61.9 Å². The van der Waals surface area contributed by atoms with Crippen molar-refractivity contribution < 1.29 is 22.3 Å². The molecule has 2 fully saturated rings. The highest BCUT2D eigenvalue weighted by Gasteiger charge is 2.35. The maximum Gasteiger partial charge on any atom is 0.176 e. The second-order valence-corrected chi connectivity index (χ2v) is 12.8. The zero-order valence-electron chi connectivity index (χ0n) is 21.7. The fourth-order valence-corrected chi connectivity index (χ4v) is 7.07. The first-order valence-corrected chi connectivity index (χ1v) is 15.2. The number of rotatable bonds is 8. The van der Waals surface area contributed by atoms with Gasteiger partial charge in [-0.3, -0.25) is 9.80 Å². The molecule has 3 aromatic rings. The maximum atomic E-state index is 14.0. The van der Waals surface area contributed by atoms with Crippen molar-refractivity contribution in [2.24, 2.45) is 0 Å². The summed E-state index contributed by atoms with van der Waals surface area (Å²) in [6.45, 7) is 2.58. The van der Waals surface area contributed by atoms with Crippen LogP contribution in [0, 0.1) is 11.6 Å². The molecular formula is C30H31ClF2N2O3S. The minimum atomic E-state index is -3.74. The molecule has 2 atom stereocenters. The number of benzene rings is 3. The summed E-state index contributed by atoms with van der Waals surface area (Å²) < 4.78 is 53.3. The van der Waals surface area contributed by atoms with Crippen LogP contribution in [0.2, 0.25) is 5.02 Å². The predicted octanol–water partition coefficient (Wildman–Crippen LogP) is 5.44. The van der Waals surface area contributed by atoms with E-state index in [2.05, 4.69) is 34.1 Å². The number of aliphatic hydroxyl groups is 1. The van der Waals surface area contributed by atoms with Crippen LogP contribution < -0.4 is 0 Å². The highest BCUT2D eigenvalue weighted by Crippen LogP contribution is 2.39. The van der Waals surface area contributed by atoms with Gasteiger partial charge >= 0.3 is 0 Å². The summed E-state index contributed by atoms with van der Waals surface area (Å²) in [5, 5.41) is 10.3. The van der Waals surface area contributed by atoms with Gasteiger partial charge in [-0.2, -0.15) is 0 Å². The molecule has 39 heavy (non-hydrogen) atoms. The molecule has 2 saturated heterocycles. The summed E-state index contributed by atoms with van der Waals surface area (Å²) in [7, 11) is -3.74. The first kappa shape index (κ1) is 27.9. The van der Waals surface area contributed by atoms with E-state index < -0.39 is 21.5 Å². The van der Waals surface area contributed by atoms with Crippen molar-refractivity contribution in [1.82, 2.24) is 9.80 Å². The highest BCUT2D eigenvalue weighted by molar-refractivity contribution is 8.00. The summed E-state index contributed by atoms with van der Waals surface area (Å²) in [5.74, 6) is -1.64. The van der Waals surface area contributed by atoms with Gasteiger partial charge in [-0.15, -0.1) is 0 Å². The van der Waals surface area contributed by atoms with Crippen molar-refractivity contribution in [2.45, 2.75) is 31.5 Å². The molecule has 1 N–H and O–H groups in total. The minimum Gasteiger partial charge on any atom is -0.395 e. The van der Waals surface area contributed by atoms with Gasteiger partial charge in [0.2, 0.25) is 0 Å². The lowest BCUT2D eigenvalue weighted by atomic mass is 9.91. The van der Waals surface area contributed by atoms with Crippen LogP contribution in [0.1, 0.15) is 41.1 Å². The number of halogens is 3. The molecule has 5 nitrogen and oxygen atoms in total. The van der Waals surface area contributed by atoms with Crippen molar-refractivity contribution in [3.05, 3.63) is 111 Å². The number of aliphatic hydroxyl groups excluding tert-OH is 1. The van der Waals surface area contributed by atoms with Crippen molar-refractivity contribution >= 4 is 26.3 Å². The smallest absolute Gasteiger partial charge is 0.176 e. The molecule has 0 unspecified atom stereocenters. The quantitative estimate of drug-likeness (QED) is 0.390. The van der Waals surface area contributed by atoms with E-state index >= 15 is 0 Å². The molecule has 2 aliphatic heterocycles. The molecule has 0 spiro atoms. The summed E-state index contributed by atoms with van der Waals surface area (Å²) >= 11 is 6.15. The molecule has 206 valence electrons. The van der Waals surface area contributed by atoms with Gasteiger partial charge in [-0.1, -0.05) is 48.0 Å². The largest absolute Gasteiger partial charge is 0.395 e. The summed E-state index contributed by atoms with van der Waals surface area (Å²) in [6.07, 6.45) is 3.16. The zero-order chi connectivity index (χ0) is 27.7. The number of hydrogen-bond donors (Lipinski definition) is 1. The normalized spacial score (nSPS) is 19.2. The van der Waals surface area contributed by atoms with Crippen LogP contribution in [0.25, 0.3) is 4.91 Å². The van der Waals surface area contributed by atoms with Crippen molar-refractivity contribution in [3.63, 3.8) is 0 Å². The molecule has 0 amide bonds. The van der Waals surface area contributed by atoms with E-state index in [9.17, 15) is 22.3 Å². The van der Waals surface area contributed by atoms with Gasteiger partial charge in [0.05, 0.1) is 17.6 Å². The van der Waals surface area contributed by atoms with Crippen LogP contribution >= 0.6 is 11.6 Å². The van der Waals surface area contributed by atoms with Crippen LogP contribution in [0.4, 0.5) is 8.78 Å². The second kappa shape index (κ2) is 11.5. The Hall–Kier alpha value is -2.62. The van der Waals surface area contributed by atoms with Crippen LogP contribution in [0.5, 0.6) is 0 Å². The van der Waals surface area contributed by atoms with Gasteiger partial charge in [-0.05, 0) is 71.5 Å². The Balaban J connectivity index is 1.44. The molecule has 3 aromatic carbocycles. The molecule has 0 aliphatic carbocycles. The Morgan fingerprint density at radius 3 is 2.15 bits per heavy atom. The summed E-state index contributed by atoms with van der Waals surface area (Å²) in [5.41, 5.74) is 3.84. The second-order valence-electron chi connectivity index (χ2n) is 10.4. The Morgan fingerprint density at radius 1 is 1.00 bits per heavy atom. The molecule has 2 aliphatic rings. The minimum absolute atomic E-state index is 0.0218. The molecule has 0 aromatic heterocycles. The first-order chi connectivity index (χ1) is 18.6. The van der Waals surface area contributed by atoms with Gasteiger partial charge in [0, 0.05) is 43.0 Å². The third kappa shape index (κ3) is 6.26. The molecule has 0 saturated carbocycles. The Morgan fingerprint density at radius 2 is 1.59 bits per heavy atom. The summed E-state index contributed by atoms with van der Waals surface area (Å²) in [4.78, 5) is 4.42. The number of nitrogens with zero attached hydrogens (tertiary/aromatic N) is 2. The highest BCUT2D eigenvalue weighted by atomic mass is 35.5. The van der Waals surface area contributed by atoms with Gasteiger partial charge in [-0.25, -0.2) is 17.2 Å². The van der Waals surface area contributed by atoms with E-state index in [0.29, 0.717) is 23.7 Å². The van der Waals surface area contributed by atoms with Crippen molar-refractivity contribution in [3.8, 4) is 0 Å². The van der Waals surface area contributed by atoms with Gasteiger partial charge in [0.1, 0.15) is 11.6 Å². The Kier molecular flexibility index (Phi) is 8.21. The SMILES string of the molecule is CS(=O)(=O)C(=C1CN([C@@H](c2ccc(Cl)cc2)c2ccc(CN3CCC[C@@H]3CO)cc2)C1)c1cc(F)cc(F)c1. The van der Waals surface area contributed by atoms with Gasteiger partial charge < -0.3 is 5.11 Å². The van der Waals surface area contributed by atoms with Crippen molar-refractivity contribution in [1.29, 1.82) is 0 Å². The molecule has 2 heterocycles. The predicted molar refractivity (Wildman–Crippen MR) is 150 cm³/mol. The maximum absolute atomic E-state index is 14.0. The Labute approximate surface area is 233 Å². The molecule has 5 rings (SSSR count). The van der Waals surface area contributed by atoms with Gasteiger partial charge in [0.25, 0.3) is 0 Å². The lowest BCUT2D eigenvalue weighted by Gasteiger charge is -2.42. The molecule has 0 bridgehead atoms. The fourth-order valence-electron chi connectivity index (χ4n) is 5.74. The van der Waals surface area contributed by atoms with E-state index in [0.717, 1.165) is 67.1 Å². The van der Waals surface area contributed by atoms with E-state index in [1.54, 1.807) is 0 Å². The van der Waals surface area contributed by atoms with E-state index in [1.165, 1.54) is 0 Å². The zero-order valence-corrected chi connectivity index (χ0v) is 23.2. The lowest BCUT2D eigenvalue weighted by molar-refractivity contribution is 0.153. The van der Waals surface area contributed by atoms with E-state index in [1.807, 2.05) is 24.3 Å². The fraction of sp³-hybridized carbons (Fsp3) is 0.333. The summed E-state index contributed by atoms with van der Waals surface area (Å²) in [6, 6.07) is 18.8. The van der Waals surface area contributed by atoms with Crippen molar-refractivity contribution in [2.75, 3.05) is 32.5 Å². The average Bonchev–Trinajstić information content (AvgIpc) is 3.30. The van der Waals surface area contributed by atoms with Gasteiger partial charge in [0.15, 0.2) is 9.84 Å². The van der Waals surface area contributed by atoms with Crippen LogP contribution in [0.3, 0.4) is 0 Å². The van der Waals surface area contributed by atoms with Crippen LogP contribution in [0.15, 0.2) is 72.3 Å². The van der Waals surface area contributed by atoms with Crippen LogP contribution in [-0.2, 0) is 16.4 Å². The van der Waals surface area contributed by atoms with E-state index in [-0.39, 0.29) is 29.2 Å². The number of sulfone groups is 1. The third-order valence-electron chi connectivity index (χ3n) is 7.55. The topological polar surface area (TPSA) is 60.9 Å². The monoisotopic (exact) mass is 572 g/mol. The lowest BCUT2D eigenvalue weighted by Crippen LogP contribution is -2.44. The van der Waals surface area contributed by atoms with E-state index in [4.69, 9.17) is 11.6 Å². The molecule has 0 radical (unpaired) electrons. The third-order valence-corrected chi connectivity index (χ3v) is 9.06. The molecule has 9 heteroatoms. The average molecular weight is 573 g/mol. The number of hydrogen-bond acceptors (Lipinski definition) is 5. The number of likely N-dealkylation sites (tertiary alicyclic amines) is 2. The first-order valence-electron chi connectivity index (χ1n) is 12.9.